The van der Waals surface area contributed by atoms with Gasteiger partial charge in [-0.15, -0.1) is 0 Å². The molecule has 0 unspecified atom stereocenters. The van der Waals surface area contributed by atoms with Crippen LogP contribution < -0.4 is 4.72 Å². The second-order valence-corrected chi connectivity index (χ2v) is 10.1. The highest BCUT2D eigenvalue weighted by Crippen LogP contribution is 2.52. The fourth-order valence-corrected chi connectivity index (χ4v) is 4.97. The van der Waals surface area contributed by atoms with Gasteiger partial charge >= 0.3 is 0 Å². The van der Waals surface area contributed by atoms with Crippen LogP contribution in [0.5, 0.6) is 0 Å². The molecule has 0 spiro atoms. The minimum atomic E-state index is -3.32. The van der Waals surface area contributed by atoms with Crippen LogP contribution in [0.3, 0.4) is 0 Å². The Labute approximate surface area is 175 Å². The molecular formula is C22H24F2N2O3S. The second kappa shape index (κ2) is 7.74. The number of sulfonamides is 1. The summed E-state index contributed by atoms with van der Waals surface area (Å²) in [5.74, 6) is -1.65. The van der Waals surface area contributed by atoms with Gasteiger partial charge in [0.15, 0.2) is 0 Å². The van der Waals surface area contributed by atoms with Gasteiger partial charge in [0.05, 0.1) is 11.8 Å². The number of halogens is 2. The van der Waals surface area contributed by atoms with E-state index < -0.39 is 21.7 Å². The average molecular weight is 435 g/mol. The number of nitrogens with zero attached hydrogens (tertiary/aromatic N) is 1. The van der Waals surface area contributed by atoms with Crippen molar-refractivity contribution in [2.45, 2.75) is 37.8 Å². The van der Waals surface area contributed by atoms with E-state index in [1.54, 1.807) is 17.0 Å². The fraction of sp³-hybridized carbons (Fsp3) is 0.409. The zero-order chi connectivity index (χ0) is 21.6. The number of hydrogen-bond donors (Lipinski definition) is 1. The van der Waals surface area contributed by atoms with Crippen LogP contribution in [-0.2, 0) is 14.8 Å². The molecule has 30 heavy (non-hydrogen) atoms. The van der Waals surface area contributed by atoms with Gasteiger partial charge in [0.2, 0.25) is 15.9 Å². The van der Waals surface area contributed by atoms with Gasteiger partial charge in [-0.1, -0.05) is 30.3 Å². The summed E-state index contributed by atoms with van der Waals surface area (Å²) in [7, 11) is -3.32. The minimum Gasteiger partial charge on any atom is -0.335 e. The Morgan fingerprint density at radius 2 is 1.77 bits per heavy atom. The Hall–Kier alpha value is -2.32. The van der Waals surface area contributed by atoms with Crippen LogP contribution in [0.1, 0.15) is 31.2 Å². The topological polar surface area (TPSA) is 66.5 Å². The maximum absolute atomic E-state index is 14.4. The lowest BCUT2D eigenvalue weighted by Gasteiger charge is -2.47. The zero-order valence-electron chi connectivity index (χ0n) is 16.8. The molecule has 0 radical (unpaired) electrons. The van der Waals surface area contributed by atoms with Gasteiger partial charge in [-0.05, 0) is 48.9 Å². The molecule has 8 heteroatoms. The van der Waals surface area contributed by atoms with Crippen molar-refractivity contribution >= 4 is 15.9 Å². The van der Waals surface area contributed by atoms with Crippen molar-refractivity contribution in [1.29, 1.82) is 0 Å². The van der Waals surface area contributed by atoms with Crippen LogP contribution in [0.15, 0.2) is 42.5 Å². The highest BCUT2D eigenvalue weighted by Gasteiger charge is 2.51. The van der Waals surface area contributed by atoms with E-state index in [0.717, 1.165) is 18.2 Å². The molecular weight excluding hydrogens is 410 g/mol. The molecule has 1 heterocycles. The molecule has 1 amide bonds. The molecule has 1 aliphatic heterocycles. The number of benzene rings is 2. The van der Waals surface area contributed by atoms with Gasteiger partial charge < -0.3 is 4.90 Å². The van der Waals surface area contributed by atoms with E-state index in [1.807, 2.05) is 19.1 Å². The van der Waals surface area contributed by atoms with Gasteiger partial charge in [0.1, 0.15) is 11.6 Å². The lowest BCUT2D eigenvalue weighted by Crippen LogP contribution is -2.61. The van der Waals surface area contributed by atoms with Crippen LogP contribution in [0.25, 0.3) is 11.1 Å². The first-order valence-corrected chi connectivity index (χ1v) is 11.9. The van der Waals surface area contributed by atoms with Crippen LogP contribution in [0.2, 0.25) is 0 Å². The van der Waals surface area contributed by atoms with Crippen LogP contribution in [0.4, 0.5) is 8.78 Å². The van der Waals surface area contributed by atoms with Crippen molar-refractivity contribution in [3.63, 3.8) is 0 Å². The van der Waals surface area contributed by atoms with Crippen molar-refractivity contribution in [1.82, 2.24) is 9.62 Å². The Morgan fingerprint density at radius 3 is 2.40 bits per heavy atom. The number of rotatable bonds is 6. The lowest BCUT2D eigenvalue weighted by molar-refractivity contribution is -0.145. The van der Waals surface area contributed by atoms with Crippen LogP contribution in [0, 0.1) is 17.6 Å². The Balaban J connectivity index is 1.53. The molecule has 160 valence electrons. The van der Waals surface area contributed by atoms with Gasteiger partial charge in [0.25, 0.3) is 0 Å². The van der Waals surface area contributed by atoms with Gasteiger partial charge in [-0.3, -0.25) is 4.79 Å². The van der Waals surface area contributed by atoms with Crippen molar-refractivity contribution in [2.24, 2.45) is 5.92 Å². The number of nitrogens with one attached hydrogen (secondary N) is 1. The molecule has 0 aromatic heterocycles. The number of likely N-dealkylation sites (tertiary alicyclic amines) is 1. The third-order valence-corrected chi connectivity index (χ3v) is 6.71. The Kier molecular flexibility index (Phi) is 5.40. The molecule has 5 nitrogen and oxygen atoms in total. The second-order valence-electron chi connectivity index (χ2n) is 8.24. The molecule has 4 rings (SSSR count). The molecule has 2 fully saturated rings. The number of amides is 1. The van der Waals surface area contributed by atoms with Crippen LogP contribution >= 0.6 is 0 Å². The molecule has 2 aromatic carbocycles. The third-order valence-electron chi connectivity index (χ3n) is 6.02. The first-order chi connectivity index (χ1) is 14.2. The van der Waals surface area contributed by atoms with Gasteiger partial charge in [0, 0.05) is 24.5 Å². The molecule has 1 saturated heterocycles. The van der Waals surface area contributed by atoms with E-state index in [4.69, 9.17) is 0 Å². The van der Waals surface area contributed by atoms with Crippen LogP contribution in [-0.4, -0.2) is 44.1 Å². The summed E-state index contributed by atoms with van der Waals surface area (Å²) in [6, 6.07) is 10.7. The summed E-state index contributed by atoms with van der Waals surface area (Å²) < 4.78 is 53.9. The van der Waals surface area contributed by atoms with Crippen molar-refractivity contribution < 1.29 is 22.0 Å². The predicted octanol–water partition coefficient (Wildman–Crippen LogP) is 3.27. The Morgan fingerprint density at radius 1 is 1.10 bits per heavy atom. The normalized spacial score (nSPS) is 25.7. The molecule has 2 aliphatic rings. The van der Waals surface area contributed by atoms with Gasteiger partial charge in [-0.2, -0.15) is 0 Å². The molecule has 1 aliphatic carbocycles. The summed E-state index contributed by atoms with van der Waals surface area (Å²) in [5.41, 5.74) is 1.16. The third kappa shape index (κ3) is 3.98. The molecule has 1 saturated carbocycles. The first-order valence-electron chi connectivity index (χ1n) is 9.97. The van der Waals surface area contributed by atoms with E-state index >= 15 is 0 Å². The van der Waals surface area contributed by atoms with E-state index in [2.05, 4.69) is 4.72 Å². The van der Waals surface area contributed by atoms with E-state index in [9.17, 15) is 22.0 Å². The zero-order valence-corrected chi connectivity index (χ0v) is 17.6. The maximum Gasteiger partial charge on any atom is 0.226 e. The lowest BCUT2D eigenvalue weighted by atomic mass is 9.92. The molecule has 2 aromatic rings. The molecule has 4 atom stereocenters. The smallest absolute Gasteiger partial charge is 0.226 e. The highest BCUT2D eigenvalue weighted by atomic mass is 32.2. The van der Waals surface area contributed by atoms with Crippen molar-refractivity contribution in [2.75, 3.05) is 12.8 Å². The van der Waals surface area contributed by atoms with Crippen molar-refractivity contribution in [3.8, 4) is 11.1 Å². The predicted molar refractivity (Wildman–Crippen MR) is 110 cm³/mol. The monoisotopic (exact) mass is 434 g/mol. The summed E-state index contributed by atoms with van der Waals surface area (Å²) in [4.78, 5) is 14.8. The number of hydrogen-bond acceptors (Lipinski definition) is 3. The number of carbonyl (C=O) groups is 1. The summed E-state index contributed by atoms with van der Waals surface area (Å²) in [6.45, 7) is 2.14. The van der Waals surface area contributed by atoms with E-state index in [-0.39, 0.29) is 41.9 Å². The van der Waals surface area contributed by atoms with Gasteiger partial charge in [-0.25, -0.2) is 21.9 Å². The fourth-order valence-electron chi connectivity index (χ4n) is 4.48. The standard InChI is InChI=1S/C22H24F2N2O3S/c1-13-10-14(12-25-30(2,28)29)26(13)22(27)18-11-17(18)15-6-3-4-7-16(15)21-19(23)8-5-9-20(21)24/h3-9,13-14,17-18,25H,10-12H2,1-2H3/t13-,14+,17+,18-/m1/s1. The maximum atomic E-state index is 14.4. The van der Waals surface area contributed by atoms with Crippen molar-refractivity contribution in [3.05, 3.63) is 59.7 Å². The molecule has 0 bridgehead atoms. The minimum absolute atomic E-state index is 0.0251. The first kappa shape index (κ1) is 20.9. The molecule has 1 N–H and O–H groups in total. The largest absolute Gasteiger partial charge is 0.335 e. The Bertz CT molecular complexity index is 1070. The number of carbonyl (C=O) groups excluding carboxylic acids is 1. The summed E-state index contributed by atoms with van der Waals surface area (Å²) in [5, 5.41) is 0. The quantitative estimate of drug-likeness (QED) is 0.759. The van der Waals surface area contributed by atoms with E-state index in [0.29, 0.717) is 12.0 Å². The average Bonchev–Trinajstić information content (AvgIpc) is 3.45. The summed E-state index contributed by atoms with van der Waals surface area (Å²) >= 11 is 0. The van der Waals surface area contributed by atoms with E-state index in [1.165, 1.54) is 18.2 Å². The SMILES string of the molecule is C[C@@H]1C[C@@H](CNS(C)(=O)=O)N1C(=O)[C@@H]1C[C@H]1c1ccccc1-c1c(F)cccc1F. The summed E-state index contributed by atoms with van der Waals surface area (Å²) in [6.07, 6.45) is 2.45. The highest BCUT2D eigenvalue weighted by molar-refractivity contribution is 7.88.